The normalized spacial score (nSPS) is 12.2. The standard InChI is InChI=1S/C20H19N3O4S/c1-2-27-19(24)18(28(25,26)15-9-4-3-5-10-15)16-11-6-7-12-17(16)23-20-21-13-8-14-22-20/h3-14,18H,2H2,1H3,(H,21,22,23)/t18-/m0/s1. The minimum Gasteiger partial charge on any atom is -0.465 e. The van der Waals surface area contributed by atoms with E-state index in [-0.39, 0.29) is 23.0 Å². The lowest BCUT2D eigenvalue weighted by Gasteiger charge is -2.20. The van der Waals surface area contributed by atoms with Crippen LogP contribution >= 0.6 is 0 Å². The van der Waals surface area contributed by atoms with Gasteiger partial charge < -0.3 is 10.1 Å². The number of nitrogens with zero attached hydrogens (tertiary/aromatic N) is 2. The minimum atomic E-state index is -4.05. The van der Waals surface area contributed by atoms with Crippen molar-refractivity contribution in [1.82, 2.24) is 9.97 Å². The van der Waals surface area contributed by atoms with E-state index in [1.165, 1.54) is 12.1 Å². The number of ether oxygens (including phenoxy) is 1. The summed E-state index contributed by atoms with van der Waals surface area (Å²) < 4.78 is 31.7. The highest BCUT2D eigenvalue weighted by atomic mass is 32.2. The van der Waals surface area contributed by atoms with Crippen LogP contribution in [-0.4, -0.2) is 31.0 Å². The van der Waals surface area contributed by atoms with E-state index in [9.17, 15) is 13.2 Å². The summed E-state index contributed by atoms with van der Waals surface area (Å²) in [5.74, 6) is -0.552. The number of carbonyl (C=O) groups is 1. The van der Waals surface area contributed by atoms with E-state index >= 15 is 0 Å². The van der Waals surface area contributed by atoms with Crippen LogP contribution in [-0.2, 0) is 19.4 Å². The molecule has 0 fully saturated rings. The predicted molar refractivity (Wildman–Crippen MR) is 105 cm³/mol. The Labute approximate surface area is 163 Å². The smallest absolute Gasteiger partial charge is 0.329 e. The zero-order chi connectivity index (χ0) is 20.0. The number of hydrogen-bond acceptors (Lipinski definition) is 7. The Morgan fingerprint density at radius 2 is 1.64 bits per heavy atom. The van der Waals surface area contributed by atoms with Gasteiger partial charge in [0.05, 0.1) is 11.5 Å². The number of rotatable bonds is 7. The second-order valence-corrected chi connectivity index (χ2v) is 7.81. The molecule has 0 aliphatic heterocycles. The first-order valence-electron chi connectivity index (χ1n) is 8.62. The summed E-state index contributed by atoms with van der Waals surface area (Å²) in [7, 11) is -4.05. The molecule has 0 saturated heterocycles. The Morgan fingerprint density at radius 3 is 2.32 bits per heavy atom. The lowest BCUT2D eigenvalue weighted by molar-refractivity contribution is -0.142. The third-order valence-electron chi connectivity index (χ3n) is 3.94. The van der Waals surface area contributed by atoms with Crippen molar-refractivity contribution in [2.75, 3.05) is 11.9 Å². The Balaban J connectivity index is 2.11. The number of para-hydroxylation sites is 1. The molecule has 0 unspecified atom stereocenters. The molecule has 0 radical (unpaired) electrons. The summed E-state index contributed by atoms with van der Waals surface area (Å²) in [6.07, 6.45) is 3.11. The Kier molecular flexibility index (Phi) is 6.00. The number of anilines is 2. The molecule has 7 nitrogen and oxygen atoms in total. The Morgan fingerprint density at radius 1 is 1.00 bits per heavy atom. The maximum Gasteiger partial charge on any atom is 0.329 e. The SMILES string of the molecule is CCOC(=O)[C@H](c1ccccc1Nc1ncccn1)S(=O)(=O)c1ccccc1. The number of hydrogen-bond donors (Lipinski definition) is 1. The molecule has 1 N–H and O–H groups in total. The molecule has 2 aromatic carbocycles. The van der Waals surface area contributed by atoms with Gasteiger partial charge in [0.15, 0.2) is 15.1 Å². The first-order chi connectivity index (χ1) is 13.5. The van der Waals surface area contributed by atoms with Gasteiger partial charge in [-0.05, 0) is 31.2 Å². The second-order valence-electron chi connectivity index (χ2n) is 5.77. The van der Waals surface area contributed by atoms with Gasteiger partial charge in [0.2, 0.25) is 5.95 Å². The molecule has 144 valence electrons. The maximum atomic E-state index is 13.3. The van der Waals surface area contributed by atoms with Crippen molar-refractivity contribution in [3.05, 3.63) is 78.6 Å². The highest BCUT2D eigenvalue weighted by Crippen LogP contribution is 2.35. The van der Waals surface area contributed by atoms with Gasteiger partial charge >= 0.3 is 5.97 Å². The van der Waals surface area contributed by atoms with E-state index in [1.807, 2.05) is 0 Å². The van der Waals surface area contributed by atoms with Crippen LogP contribution in [0.25, 0.3) is 0 Å². The van der Waals surface area contributed by atoms with Gasteiger partial charge in [0, 0.05) is 23.6 Å². The average molecular weight is 397 g/mol. The van der Waals surface area contributed by atoms with E-state index in [0.717, 1.165) is 0 Å². The summed E-state index contributed by atoms with van der Waals surface area (Å²) in [4.78, 5) is 20.9. The van der Waals surface area contributed by atoms with Crippen LogP contribution in [0.3, 0.4) is 0 Å². The highest BCUT2D eigenvalue weighted by molar-refractivity contribution is 7.92. The van der Waals surface area contributed by atoms with Crippen LogP contribution in [0.2, 0.25) is 0 Å². The second kappa shape index (κ2) is 8.62. The topological polar surface area (TPSA) is 98.2 Å². The molecule has 8 heteroatoms. The zero-order valence-corrected chi connectivity index (χ0v) is 16.0. The van der Waals surface area contributed by atoms with Gasteiger partial charge in [-0.2, -0.15) is 0 Å². The average Bonchev–Trinajstić information content (AvgIpc) is 2.71. The fourth-order valence-corrected chi connectivity index (χ4v) is 4.38. The molecule has 1 heterocycles. The minimum absolute atomic E-state index is 0.0406. The van der Waals surface area contributed by atoms with Crippen molar-refractivity contribution in [3.63, 3.8) is 0 Å². The highest BCUT2D eigenvalue weighted by Gasteiger charge is 2.38. The molecule has 0 bridgehead atoms. The number of sulfone groups is 1. The van der Waals surface area contributed by atoms with Gasteiger partial charge in [-0.15, -0.1) is 0 Å². The molecule has 0 aliphatic carbocycles. The molecular formula is C20H19N3O4S. The van der Waals surface area contributed by atoms with Crippen molar-refractivity contribution in [1.29, 1.82) is 0 Å². The monoisotopic (exact) mass is 397 g/mol. The van der Waals surface area contributed by atoms with Gasteiger partial charge in [0.1, 0.15) is 0 Å². The summed E-state index contributed by atoms with van der Waals surface area (Å²) in [5, 5.41) is 1.45. The number of benzene rings is 2. The van der Waals surface area contributed by atoms with E-state index < -0.39 is 21.1 Å². The first kappa shape index (κ1) is 19.5. The van der Waals surface area contributed by atoms with Crippen molar-refractivity contribution < 1.29 is 17.9 Å². The molecule has 3 aromatic rings. The molecule has 0 saturated carbocycles. The van der Waals surface area contributed by atoms with Crippen LogP contribution in [0.4, 0.5) is 11.6 Å². The zero-order valence-electron chi connectivity index (χ0n) is 15.1. The molecule has 28 heavy (non-hydrogen) atoms. The third kappa shape index (κ3) is 4.17. The quantitative estimate of drug-likeness (QED) is 0.611. The van der Waals surface area contributed by atoms with Gasteiger partial charge in [-0.3, -0.25) is 4.79 Å². The third-order valence-corrected chi connectivity index (χ3v) is 5.93. The number of esters is 1. The molecule has 0 spiro atoms. The molecule has 0 aliphatic rings. The summed E-state index contributed by atoms with van der Waals surface area (Å²) in [6, 6.07) is 16.1. The van der Waals surface area contributed by atoms with Gasteiger partial charge in [-0.25, -0.2) is 18.4 Å². The van der Waals surface area contributed by atoms with Crippen LogP contribution in [0, 0.1) is 0 Å². The van der Waals surface area contributed by atoms with Crippen LogP contribution in [0.15, 0.2) is 78.0 Å². The van der Waals surface area contributed by atoms with Gasteiger partial charge in [0.25, 0.3) is 0 Å². The number of carbonyl (C=O) groups excluding carboxylic acids is 1. The van der Waals surface area contributed by atoms with E-state index in [1.54, 1.807) is 67.8 Å². The largest absolute Gasteiger partial charge is 0.465 e. The van der Waals surface area contributed by atoms with E-state index in [2.05, 4.69) is 15.3 Å². The van der Waals surface area contributed by atoms with E-state index in [0.29, 0.717) is 5.69 Å². The molecule has 3 rings (SSSR count). The molecular weight excluding hydrogens is 378 g/mol. The lowest BCUT2D eigenvalue weighted by Crippen LogP contribution is -2.25. The molecule has 1 aromatic heterocycles. The van der Waals surface area contributed by atoms with Crippen molar-refractivity contribution >= 4 is 27.4 Å². The Hall–Kier alpha value is -3.26. The summed E-state index contributed by atoms with van der Waals surface area (Å²) >= 11 is 0. The molecule has 0 amide bonds. The fourth-order valence-electron chi connectivity index (χ4n) is 2.71. The summed E-state index contributed by atoms with van der Waals surface area (Å²) in [6.45, 7) is 1.70. The first-order valence-corrected chi connectivity index (χ1v) is 10.2. The van der Waals surface area contributed by atoms with Crippen molar-refractivity contribution in [2.45, 2.75) is 17.1 Å². The summed E-state index contributed by atoms with van der Waals surface area (Å²) in [5.41, 5.74) is 0.670. The van der Waals surface area contributed by atoms with Crippen molar-refractivity contribution in [3.8, 4) is 0 Å². The molecule has 1 atom stereocenters. The van der Waals surface area contributed by atoms with Crippen LogP contribution in [0.1, 0.15) is 17.7 Å². The Bertz CT molecular complexity index is 1040. The lowest BCUT2D eigenvalue weighted by atomic mass is 10.1. The van der Waals surface area contributed by atoms with E-state index in [4.69, 9.17) is 4.74 Å². The predicted octanol–water partition coefficient (Wildman–Crippen LogP) is 3.30. The van der Waals surface area contributed by atoms with Crippen LogP contribution in [0.5, 0.6) is 0 Å². The van der Waals surface area contributed by atoms with Crippen molar-refractivity contribution in [2.24, 2.45) is 0 Å². The fraction of sp³-hybridized carbons (Fsp3) is 0.150. The maximum absolute atomic E-state index is 13.3. The van der Waals surface area contributed by atoms with Crippen LogP contribution < -0.4 is 5.32 Å². The number of aromatic nitrogens is 2. The van der Waals surface area contributed by atoms with Gasteiger partial charge in [-0.1, -0.05) is 36.4 Å². The number of nitrogens with one attached hydrogen (secondary N) is 1.